The van der Waals surface area contributed by atoms with E-state index >= 15 is 0 Å². The van der Waals surface area contributed by atoms with Crippen LogP contribution in [0.1, 0.15) is 41.2 Å². The highest BCUT2D eigenvalue weighted by Crippen LogP contribution is 2.62. The number of nitrogens with one attached hydrogen (secondary N) is 1. The van der Waals surface area contributed by atoms with E-state index in [1.165, 1.54) is 50.2 Å². The summed E-state index contributed by atoms with van der Waals surface area (Å²) in [5.74, 6) is 2.15. The van der Waals surface area contributed by atoms with Crippen LogP contribution in [-0.2, 0) is 5.41 Å². The van der Waals surface area contributed by atoms with Gasteiger partial charge in [0.25, 0.3) is 0 Å². The molecule has 1 unspecified atom stereocenters. The molecule has 2 heterocycles. The largest absolute Gasteiger partial charge is 0.457 e. The van der Waals surface area contributed by atoms with Crippen molar-refractivity contribution in [3.8, 4) is 22.6 Å². The molecular weight excluding hydrogens is 574 g/mol. The molecule has 1 N–H and O–H groups in total. The standard InChI is InChI=1S/C44H31NO2/c1-27-25-29(45-38-17-10-20-42-43(38)33-13-4-8-18-39(33)46-42)22-23-30(27)28-21-24-41-37(26-28)44(36-16-7-9-19-40(36)47-41)34-14-5-2-11-31(34)32-12-3-6-15-35(32)44/h2-24,26-27,45H,25H2,1H3. The maximum atomic E-state index is 6.66. The molecule has 3 nitrogen and oxygen atoms in total. The topological polar surface area (TPSA) is 34.4 Å². The van der Waals surface area contributed by atoms with E-state index in [-0.39, 0.29) is 0 Å². The quantitative estimate of drug-likeness (QED) is 0.218. The van der Waals surface area contributed by atoms with E-state index in [1.54, 1.807) is 0 Å². The fourth-order valence-corrected chi connectivity index (χ4v) is 8.42. The number of anilines is 1. The molecule has 10 rings (SSSR count). The first-order valence-electron chi connectivity index (χ1n) is 16.4. The number of hydrogen-bond donors (Lipinski definition) is 1. The molecule has 1 aliphatic heterocycles. The second-order valence-corrected chi connectivity index (χ2v) is 13.0. The average molecular weight is 606 g/mol. The number of hydrogen-bond acceptors (Lipinski definition) is 3. The number of furan rings is 1. The zero-order valence-electron chi connectivity index (χ0n) is 26.0. The normalized spacial score (nSPS) is 16.9. The molecule has 0 amide bonds. The molecule has 0 fully saturated rings. The van der Waals surface area contributed by atoms with Gasteiger partial charge in [-0.25, -0.2) is 0 Å². The molecule has 3 heteroatoms. The van der Waals surface area contributed by atoms with Crippen LogP contribution < -0.4 is 10.1 Å². The minimum Gasteiger partial charge on any atom is -0.457 e. The van der Waals surface area contributed by atoms with Crippen LogP contribution in [0.3, 0.4) is 0 Å². The number of benzene rings is 6. The molecular formula is C44H31NO2. The molecule has 224 valence electrons. The summed E-state index contributed by atoms with van der Waals surface area (Å²) in [6, 6.07) is 47.7. The predicted octanol–water partition coefficient (Wildman–Crippen LogP) is 11.5. The van der Waals surface area contributed by atoms with Gasteiger partial charge in [-0.1, -0.05) is 110 Å². The fourth-order valence-electron chi connectivity index (χ4n) is 8.42. The van der Waals surface area contributed by atoms with Crippen LogP contribution >= 0.6 is 0 Å². The molecule has 1 spiro atoms. The van der Waals surface area contributed by atoms with Crippen molar-refractivity contribution < 1.29 is 9.15 Å². The number of ether oxygens (including phenoxy) is 1. The lowest BCUT2D eigenvalue weighted by molar-refractivity contribution is 0.436. The Labute approximate surface area is 273 Å². The van der Waals surface area contributed by atoms with Crippen LogP contribution in [-0.4, -0.2) is 0 Å². The summed E-state index contributed by atoms with van der Waals surface area (Å²) in [4.78, 5) is 0. The molecule has 0 bridgehead atoms. The summed E-state index contributed by atoms with van der Waals surface area (Å²) in [7, 11) is 0. The lowest BCUT2D eigenvalue weighted by Gasteiger charge is -2.39. The van der Waals surface area contributed by atoms with Gasteiger partial charge in [-0.2, -0.15) is 0 Å². The lowest BCUT2D eigenvalue weighted by atomic mass is 9.65. The van der Waals surface area contributed by atoms with E-state index in [2.05, 4.69) is 140 Å². The van der Waals surface area contributed by atoms with Crippen LogP contribution in [0.2, 0.25) is 0 Å². The highest BCUT2D eigenvalue weighted by Gasteiger charge is 2.51. The van der Waals surface area contributed by atoms with Crippen LogP contribution in [0.4, 0.5) is 5.69 Å². The maximum absolute atomic E-state index is 6.66. The van der Waals surface area contributed by atoms with Crippen LogP contribution in [0.5, 0.6) is 11.5 Å². The van der Waals surface area contributed by atoms with Crippen molar-refractivity contribution in [3.05, 3.63) is 179 Å². The molecule has 1 aromatic heterocycles. The van der Waals surface area contributed by atoms with Crippen molar-refractivity contribution in [1.29, 1.82) is 0 Å². The average Bonchev–Trinajstić information content (AvgIpc) is 3.64. The SMILES string of the molecule is CC1CC(Nc2cccc3oc4ccccc4c23)=CC=C1c1ccc2c(c1)C1(c3ccccc3O2)c2ccccc2-c2ccccc21. The third-order valence-corrected chi connectivity index (χ3v) is 10.4. The van der Waals surface area contributed by atoms with Gasteiger partial charge in [-0.3, -0.25) is 0 Å². The monoisotopic (exact) mass is 605 g/mol. The van der Waals surface area contributed by atoms with E-state index in [4.69, 9.17) is 9.15 Å². The summed E-state index contributed by atoms with van der Waals surface area (Å²) in [5.41, 5.74) is 13.8. The zero-order chi connectivity index (χ0) is 31.1. The first-order valence-corrected chi connectivity index (χ1v) is 16.4. The van der Waals surface area contributed by atoms with Gasteiger partial charge < -0.3 is 14.5 Å². The Kier molecular flexibility index (Phi) is 5.54. The molecule has 0 saturated carbocycles. The van der Waals surface area contributed by atoms with E-state index < -0.39 is 5.41 Å². The Balaban J connectivity index is 1.10. The van der Waals surface area contributed by atoms with Gasteiger partial charge in [0.2, 0.25) is 0 Å². The minimum absolute atomic E-state index is 0.316. The van der Waals surface area contributed by atoms with Gasteiger partial charge in [0.15, 0.2) is 0 Å². The van der Waals surface area contributed by atoms with Gasteiger partial charge in [0, 0.05) is 22.2 Å². The third-order valence-electron chi connectivity index (χ3n) is 10.4. The highest BCUT2D eigenvalue weighted by molar-refractivity contribution is 6.11. The second-order valence-electron chi connectivity index (χ2n) is 13.0. The molecule has 3 aliphatic rings. The van der Waals surface area contributed by atoms with E-state index in [0.717, 1.165) is 45.5 Å². The van der Waals surface area contributed by atoms with Crippen molar-refractivity contribution in [3.63, 3.8) is 0 Å². The molecule has 1 atom stereocenters. The van der Waals surface area contributed by atoms with Crippen molar-refractivity contribution >= 4 is 33.2 Å². The number of para-hydroxylation sites is 2. The summed E-state index contributed by atoms with van der Waals surface area (Å²) < 4.78 is 12.8. The molecule has 2 aliphatic carbocycles. The Morgan fingerprint density at radius 3 is 2.11 bits per heavy atom. The van der Waals surface area contributed by atoms with Crippen molar-refractivity contribution in [2.24, 2.45) is 5.92 Å². The van der Waals surface area contributed by atoms with Gasteiger partial charge in [-0.15, -0.1) is 0 Å². The first kappa shape index (κ1) is 26.4. The third kappa shape index (κ3) is 3.68. The summed E-state index contributed by atoms with van der Waals surface area (Å²) in [5, 5.41) is 6.02. The Hall–Kier alpha value is -5.80. The number of rotatable bonds is 3. The van der Waals surface area contributed by atoms with Gasteiger partial charge in [0.05, 0.1) is 16.5 Å². The van der Waals surface area contributed by atoms with Crippen LogP contribution in [0.25, 0.3) is 38.6 Å². The van der Waals surface area contributed by atoms with Gasteiger partial charge >= 0.3 is 0 Å². The minimum atomic E-state index is -0.458. The zero-order valence-corrected chi connectivity index (χ0v) is 26.0. The van der Waals surface area contributed by atoms with E-state index in [0.29, 0.717) is 5.92 Å². The van der Waals surface area contributed by atoms with E-state index in [9.17, 15) is 0 Å². The number of allylic oxidation sites excluding steroid dienone is 4. The Morgan fingerprint density at radius 1 is 0.617 bits per heavy atom. The van der Waals surface area contributed by atoms with Crippen molar-refractivity contribution in [1.82, 2.24) is 0 Å². The van der Waals surface area contributed by atoms with E-state index in [1.807, 2.05) is 18.2 Å². The molecule has 6 aromatic carbocycles. The first-order chi connectivity index (χ1) is 23.2. The Bertz CT molecular complexity index is 2430. The van der Waals surface area contributed by atoms with Crippen molar-refractivity contribution in [2.45, 2.75) is 18.8 Å². The fraction of sp³-hybridized carbons (Fsp3) is 0.0909. The summed E-state index contributed by atoms with van der Waals surface area (Å²) >= 11 is 0. The molecule has 0 saturated heterocycles. The van der Waals surface area contributed by atoms with Crippen LogP contribution in [0.15, 0.2) is 156 Å². The second kappa shape index (κ2) is 9.85. The maximum Gasteiger partial charge on any atom is 0.137 e. The van der Waals surface area contributed by atoms with Gasteiger partial charge in [0.1, 0.15) is 22.7 Å². The lowest BCUT2D eigenvalue weighted by Crippen LogP contribution is -2.32. The Morgan fingerprint density at radius 2 is 1.30 bits per heavy atom. The molecule has 47 heavy (non-hydrogen) atoms. The molecule has 0 radical (unpaired) electrons. The van der Waals surface area contributed by atoms with Crippen molar-refractivity contribution in [2.75, 3.05) is 5.32 Å². The summed E-state index contributed by atoms with van der Waals surface area (Å²) in [6.07, 6.45) is 5.45. The number of fused-ring (bicyclic) bond motifs is 12. The van der Waals surface area contributed by atoms with Gasteiger partial charge in [-0.05, 0) is 88.2 Å². The highest BCUT2D eigenvalue weighted by atomic mass is 16.5. The summed E-state index contributed by atoms with van der Waals surface area (Å²) in [6.45, 7) is 2.33. The smallest absolute Gasteiger partial charge is 0.137 e. The molecule has 7 aromatic rings. The predicted molar refractivity (Wildman–Crippen MR) is 191 cm³/mol. The van der Waals surface area contributed by atoms with Crippen LogP contribution in [0, 0.1) is 5.92 Å².